The zero-order chi connectivity index (χ0) is 10.6. The molecular formula is C8H9BrN2O2S. The summed E-state index contributed by atoms with van der Waals surface area (Å²) < 4.78 is 0.763. The highest BCUT2D eigenvalue weighted by Gasteiger charge is 2.10. The van der Waals surface area contributed by atoms with Crippen LogP contribution in [0.2, 0.25) is 0 Å². The first kappa shape index (κ1) is 11.2. The van der Waals surface area contributed by atoms with E-state index < -0.39 is 5.91 Å². The van der Waals surface area contributed by atoms with Crippen molar-refractivity contribution in [3.8, 4) is 0 Å². The lowest BCUT2D eigenvalue weighted by Crippen LogP contribution is -2.27. The minimum absolute atomic E-state index is 0.161. The lowest BCUT2D eigenvalue weighted by molar-refractivity contribution is -0.117. The van der Waals surface area contributed by atoms with Gasteiger partial charge in [-0.15, -0.1) is 11.3 Å². The molecule has 0 aliphatic carbocycles. The predicted octanol–water partition coefficient (Wildman–Crippen LogP) is 1.12. The van der Waals surface area contributed by atoms with Crippen molar-refractivity contribution < 1.29 is 9.59 Å². The van der Waals surface area contributed by atoms with Crippen molar-refractivity contribution in [2.24, 2.45) is 5.73 Å². The highest BCUT2D eigenvalue weighted by atomic mass is 79.9. The molecule has 1 aromatic rings. The van der Waals surface area contributed by atoms with Gasteiger partial charge in [0.2, 0.25) is 5.91 Å². The minimum Gasteiger partial charge on any atom is -0.370 e. The number of nitrogens with one attached hydrogen (secondary N) is 1. The highest BCUT2D eigenvalue weighted by Crippen LogP contribution is 2.22. The van der Waals surface area contributed by atoms with Crippen LogP contribution in [0.3, 0.4) is 0 Å². The van der Waals surface area contributed by atoms with Crippen LogP contribution in [0.25, 0.3) is 0 Å². The number of carbonyl (C=O) groups excluding carboxylic acids is 2. The first-order chi connectivity index (χ1) is 6.61. The molecule has 4 nitrogen and oxygen atoms in total. The molecule has 0 saturated carbocycles. The maximum absolute atomic E-state index is 11.4. The zero-order valence-electron chi connectivity index (χ0n) is 7.25. The van der Waals surface area contributed by atoms with E-state index >= 15 is 0 Å². The SMILES string of the molecule is NC(=O)CCNC(=O)c1sccc1Br. The smallest absolute Gasteiger partial charge is 0.262 e. The summed E-state index contributed by atoms with van der Waals surface area (Å²) in [6.45, 7) is 0.276. The van der Waals surface area contributed by atoms with Gasteiger partial charge in [-0.2, -0.15) is 0 Å². The number of hydrogen-bond acceptors (Lipinski definition) is 3. The minimum atomic E-state index is -0.421. The molecular weight excluding hydrogens is 268 g/mol. The van der Waals surface area contributed by atoms with Crippen LogP contribution < -0.4 is 11.1 Å². The number of rotatable bonds is 4. The summed E-state index contributed by atoms with van der Waals surface area (Å²) in [7, 11) is 0. The molecule has 0 saturated heterocycles. The van der Waals surface area contributed by atoms with E-state index in [0.717, 1.165) is 4.47 Å². The molecule has 0 unspecified atom stereocenters. The molecule has 14 heavy (non-hydrogen) atoms. The van der Waals surface area contributed by atoms with E-state index in [1.54, 1.807) is 6.07 Å². The van der Waals surface area contributed by atoms with Crippen molar-refractivity contribution in [3.63, 3.8) is 0 Å². The molecule has 76 valence electrons. The number of amides is 2. The van der Waals surface area contributed by atoms with E-state index in [1.807, 2.05) is 5.38 Å². The third-order valence-electron chi connectivity index (χ3n) is 1.48. The molecule has 0 bridgehead atoms. The maximum Gasteiger partial charge on any atom is 0.262 e. The second-order valence-electron chi connectivity index (χ2n) is 2.57. The molecule has 1 rings (SSSR count). The number of carbonyl (C=O) groups is 2. The molecule has 3 N–H and O–H groups in total. The highest BCUT2D eigenvalue weighted by molar-refractivity contribution is 9.10. The van der Waals surface area contributed by atoms with Crippen LogP contribution in [0.4, 0.5) is 0 Å². The molecule has 0 fully saturated rings. The van der Waals surface area contributed by atoms with Gasteiger partial charge < -0.3 is 11.1 Å². The third-order valence-corrected chi connectivity index (χ3v) is 3.32. The lowest BCUT2D eigenvalue weighted by Gasteiger charge is -2.01. The van der Waals surface area contributed by atoms with Crippen LogP contribution in [0.5, 0.6) is 0 Å². The largest absolute Gasteiger partial charge is 0.370 e. The summed E-state index contributed by atoms with van der Waals surface area (Å²) in [5, 5.41) is 4.41. The molecule has 0 aromatic carbocycles. The molecule has 6 heteroatoms. The van der Waals surface area contributed by atoms with Gasteiger partial charge in [0, 0.05) is 17.4 Å². The Labute approximate surface area is 93.6 Å². The zero-order valence-corrected chi connectivity index (χ0v) is 9.65. The van der Waals surface area contributed by atoms with Gasteiger partial charge in [0.05, 0.1) is 0 Å². The summed E-state index contributed by atoms with van der Waals surface area (Å²) >= 11 is 4.59. The topological polar surface area (TPSA) is 72.2 Å². The fourth-order valence-corrected chi connectivity index (χ4v) is 2.30. The second-order valence-corrected chi connectivity index (χ2v) is 4.34. The summed E-state index contributed by atoms with van der Waals surface area (Å²) in [4.78, 5) is 22.4. The van der Waals surface area contributed by atoms with Crippen molar-refractivity contribution in [1.82, 2.24) is 5.32 Å². The number of primary amides is 1. The third kappa shape index (κ3) is 3.12. The van der Waals surface area contributed by atoms with Crippen LogP contribution in [-0.2, 0) is 4.79 Å². The van der Waals surface area contributed by atoms with Crippen LogP contribution in [-0.4, -0.2) is 18.4 Å². The van der Waals surface area contributed by atoms with Crippen LogP contribution in [0, 0.1) is 0 Å². The Morgan fingerprint density at radius 2 is 2.29 bits per heavy atom. The standard InChI is InChI=1S/C8H9BrN2O2S/c9-5-2-4-14-7(5)8(13)11-3-1-6(10)12/h2,4H,1,3H2,(H2,10,12)(H,11,13). The quantitative estimate of drug-likeness (QED) is 0.865. The Morgan fingerprint density at radius 1 is 1.57 bits per heavy atom. The number of halogens is 1. The molecule has 0 aliphatic rings. The van der Waals surface area contributed by atoms with Crippen molar-refractivity contribution >= 4 is 39.1 Å². The lowest BCUT2D eigenvalue weighted by atomic mass is 10.4. The summed E-state index contributed by atoms with van der Waals surface area (Å²) in [6, 6.07) is 1.80. The monoisotopic (exact) mass is 276 g/mol. The van der Waals surface area contributed by atoms with Gasteiger partial charge in [-0.25, -0.2) is 0 Å². The Kier molecular flexibility index (Phi) is 4.09. The van der Waals surface area contributed by atoms with Crippen LogP contribution in [0.15, 0.2) is 15.9 Å². The van der Waals surface area contributed by atoms with Crippen LogP contribution >= 0.6 is 27.3 Å². The normalized spacial score (nSPS) is 9.79. The van der Waals surface area contributed by atoms with E-state index in [4.69, 9.17) is 5.73 Å². The Morgan fingerprint density at radius 3 is 2.79 bits per heavy atom. The van der Waals surface area contributed by atoms with Gasteiger partial charge >= 0.3 is 0 Å². The van der Waals surface area contributed by atoms with E-state index in [9.17, 15) is 9.59 Å². The number of hydrogen-bond donors (Lipinski definition) is 2. The average Bonchev–Trinajstić information content (AvgIpc) is 2.50. The fraction of sp³-hybridized carbons (Fsp3) is 0.250. The van der Waals surface area contributed by atoms with Gasteiger partial charge in [0.15, 0.2) is 0 Å². The van der Waals surface area contributed by atoms with Gasteiger partial charge in [0.1, 0.15) is 4.88 Å². The summed E-state index contributed by atoms with van der Waals surface area (Å²) in [6.07, 6.45) is 0.161. The van der Waals surface area contributed by atoms with E-state index in [0.29, 0.717) is 4.88 Å². The molecule has 1 aromatic heterocycles. The van der Waals surface area contributed by atoms with Gasteiger partial charge in [-0.05, 0) is 27.4 Å². The van der Waals surface area contributed by atoms with Crippen LogP contribution in [0.1, 0.15) is 16.1 Å². The first-order valence-corrected chi connectivity index (χ1v) is 5.58. The summed E-state index contributed by atoms with van der Waals surface area (Å²) in [5.41, 5.74) is 4.93. The van der Waals surface area contributed by atoms with E-state index in [1.165, 1.54) is 11.3 Å². The van der Waals surface area contributed by atoms with Crippen molar-refractivity contribution in [2.75, 3.05) is 6.54 Å². The molecule has 0 aliphatic heterocycles. The molecule has 0 radical (unpaired) electrons. The van der Waals surface area contributed by atoms with Crippen molar-refractivity contribution in [1.29, 1.82) is 0 Å². The molecule has 0 spiro atoms. The van der Waals surface area contributed by atoms with E-state index in [2.05, 4.69) is 21.2 Å². The second kappa shape index (κ2) is 5.11. The average molecular weight is 277 g/mol. The number of thiophene rings is 1. The van der Waals surface area contributed by atoms with Gasteiger partial charge in [0.25, 0.3) is 5.91 Å². The summed E-state index contributed by atoms with van der Waals surface area (Å²) in [5.74, 6) is -0.608. The Hall–Kier alpha value is -0.880. The Balaban J connectivity index is 2.44. The maximum atomic E-state index is 11.4. The first-order valence-electron chi connectivity index (χ1n) is 3.90. The molecule has 2 amide bonds. The Bertz CT molecular complexity index is 351. The van der Waals surface area contributed by atoms with Crippen molar-refractivity contribution in [3.05, 3.63) is 20.8 Å². The predicted molar refractivity (Wildman–Crippen MR) is 58.2 cm³/mol. The molecule has 0 atom stereocenters. The van der Waals surface area contributed by atoms with Gasteiger partial charge in [-0.1, -0.05) is 0 Å². The number of nitrogens with two attached hydrogens (primary N) is 1. The van der Waals surface area contributed by atoms with E-state index in [-0.39, 0.29) is 18.9 Å². The van der Waals surface area contributed by atoms with Crippen molar-refractivity contribution in [2.45, 2.75) is 6.42 Å². The van der Waals surface area contributed by atoms with Gasteiger partial charge in [-0.3, -0.25) is 9.59 Å². The molecule has 1 heterocycles. The fourth-order valence-electron chi connectivity index (χ4n) is 0.835.